The van der Waals surface area contributed by atoms with Crippen LogP contribution in [-0.2, 0) is 29.1 Å². The number of H-pyrrole nitrogens is 1. The van der Waals surface area contributed by atoms with Crippen molar-refractivity contribution in [3.63, 3.8) is 0 Å². The molecule has 3 aliphatic heterocycles. The van der Waals surface area contributed by atoms with Gasteiger partial charge in [-0.15, -0.1) is 0 Å². The number of ether oxygens (including phenoxy) is 2. The quantitative estimate of drug-likeness (QED) is 0.638. The van der Waals surface area contributed by atoms with Gasteiger partial charge in [0.25, 0.3) is 10.0 Å². The molecule has 12 heteroatoms. The number of hydrogen-bond acceptors (Lipinski definition) is 6. The zero-order valence-corrected chi connectivity index (χ0v) is 21.3. The first kappa shape index (κ1) is 24.5. The lowest BCUT2D eigenvalue weighted by atomic mass is 9.91. The Morgan fingerprint density at radius 2 is 1.97 bits per heavy atom. The van der Waals surface area contributed by atoms with E-state index < -0.39 is 21.3 Å². The Labute approximate surface area is 209 Å². The highest BCUT2D eigenvalue weighted by Crippen LogP contribution is 2.44. The van der Waals surface area contributed by atoms with Crippen LogP contribution in [0.4, 0.5) is 0 Å². The molecular weight excluding hydrogens is 496 g/mol. The predicted octanol–water partition coefficient (Wildman–Crippen LogP) is 1.80. The van der Waals surface area contributed by atoms with Gasteiger partial charge < -0.3 is 24.3 Å². The van der Waals surface area contributed by atoms with Crippen molar-refractivity contribution in [1.82, 2.24) is 19.1 Å². The molecule has 1 aromatic heterocycles. The summed E-state index contributed by atoms with van der Waals surface area (Å²) in [5.74, 6) is -0.241. The van der Waals surface area contributed by atoms with Crippen molar-refractivity contribution < 1.29 is 27.5 Å². The number of piperazine rings is 1. The van der Waals surface area contributed by atoms with Gasteiger partial charge in [-0.2, -0.15) is 4.31 Å². The summed E-state index contributed by atoms with van der Waals surface area (Å²) in [6.45, 7) is 2.96. The maximum absolute atomic E-state index is 13.6. The van der Waals surface area contributed by atoms with Crippen molar-refractivity contribution in [2.45, 2.75) is 42.5 Å². The van der Waals surface area contributed by atoms with E-state index in [1.165, 1.54) is 13.2 Å². The number of rotatable bonds is 5. The minimum Gasteiger partial charge on any atom is -0.380 e. The molecule has 4 heterocycles. The second kappa shape index (κ2) is 8.74. The molecule has 1 atom stereocenters. The number of hydrogen-bond donors (Lipinski definition) is 1. The number of sulfonamides is 1. The second-order valence-corrected chi connectivity index (χ2v) is 11.9. The standard InChI is InChI=1S/C23H29ClN4O6S/c1-3-20(29)26-8-6-22(7-9-26)13-28-21(30)12-27(14-23(28,34-22)15-33-2)35(31,32)19-11-16-10-17(24)4-5-18(16)25-19/h4-5,10-11,25H,3,6-9,12-15H2,1-2H3. The number of carbonyl (C=O) groups excluding carboxylic acids is 2. The molecule has 0 radical (unpaired) electrons. The van der Waals surface area contributed by atoms with Crippen LogP contribution in [0.2, 0.25) is 5.02 Å². The fourth-order valence-electron chi connectivity index (χ4n) is 5.47. The molecule has 0 aliphatic carbocycles. The van der Waals surface area contributed by atoms with Crippen molar-refractivity contribution in [3.8, 4) is 0 Å². The number of aromatic nitrogens is 1. The van der Waals surface area contributed by atoms with Crippen LogP contribution in [-0.4, -0.2) is 97.1 Å². The van der Waals surface area contributed by atoms with Gasteiger partial charge in [-0.1, -0.05) is 18.5 Å². The molecule has 3 fully saturated rings. The maximum Gasteiger partial charge on any atom is 0.259 e. The summed E-state index contributed by atoms with van der Waals surface area (Å²) in [4.78, 5) is 31.8. The van der Waals surface area contributed by atoms with Gasteiger partial charge in [-0.3, -0.25) is 9.59 Å². The Hall–Kier alpha value is -2.18. The lowest BCUT2D eigenvalue weighted by Gasteiger charge is -2.44. The van der Waals surface area contributed by atoms with Gasteiger partial charge in [-0.25, -0.2) is 8.42 Å². The third-order valence-electron chi connectivity index (χ3n) is 7.26. The average molecular weight is 525 g/mol. The normalized spacial score (nSPS) is 24.9. The number of nitrogens with zero attached hydrogens (tertiary/aromatic N) is 3. The molecular formula is C23H29ClN4O6S. The van der Waals surface area contributed by atoms with E-state index in [0.717, 1.165) is 4.31 Å². The molecule has 10 nitrogen and oxygen atoms in total. The van der Waals surface area contributed by atoms with Crippen LogP contribution in [0.1, 0.15) is 26.2 Å². The Bertz CT molecular complexity index is 1270. The number of methoxy groups -OCH3 is 1. The van der Waals surface area contributed by atoms with Crippen molar-refractivity contribution >= 4 is 44.3 Å². The highest BCUT2D eigenvalue weighted by molar-refractivity contribution is 7.89. The highest BCUT2D eigenvalue weighted by atomic mass is 35.5. The first-order valence-corrected chi connectivity index (χ1v) is 13.5. The number of carbonyl (C=O) groups is 2. The first-order valence-electron chi connectivity index (χ1n) is 11.7. The van der Waals surface area contributed by atoms with E-state index in [2.05, 4.69) is 4.98 Å². The molecule has 0 bridgehead atoms. The minimum atomic E-state index is -4.03. The van der Waals surface area contributed by atoms with Crippen molar-refractivity contribution in [2.75, 3.05) is 46.4 Å². The third-order valence-corrected chi connectivity index (χ3v) is 9.21. The van der Waals surface area contributed by atoms with Gasteiger partial charge in [0.2, 0.25) is 11.8 Å². The first-order chi connectivity index (χ1) is 16.6. The van der Waals surface area contributed by atoms with E-state index in [4.69, 9.17) is 21.1 Å². The van der Waals surface area contributed by atoms with Crippen LogP contribution in [0.5, 0.6) is 0 Å². The summed E-state index contributed by atoms with van der Waals surface area (Å²) >= 11 is 6.05. The summed E-state index contributed by atoms with van der Waals surface area (Å²) in [6.07, 6.45) is 1.59. The van der Waals surface area contributed by atoms with E-state index in [1.54, 1.807) is 23.1 Å². The van der Waals surface area contributed by atoms with E-state index in [9.17, 15) is 18.0 Å². The van der Waals surface area contributed by atoms with Crippen LogP contribution in [0.15, 0.2) is 29.3 Å². The summed E-state index contributed by atoms with van der Waals surface area (Å²) in [5, 5.41) is 1.15. The molecule has 0 saturated carbocycles. The predicted molar refractivity (Wildman–Crippen MR) is 128 cm³/mol. The van der Waals surface area contributed by atoms with Crippen LogP contribution in [0.25, 0.3) is 10.9 Å². The largest absolute Gasteiger partial charge is 0.380 e. The fraction of sp³-hybridized carbons (Fsp3) is 0.565. The smallest absolute Gasteiger partial charge is 0.259 e. The van der Waals surface area contributed by atoms with Crippen LogP contribution in [0.3, 0.4) is 0 Å². The van der Waals surface area contributed by atoms with E-state index in [0.29, 0.717) is 54.8 Å². The summed E-state index contributed by atoms with van der Waals surface area (Å²) < 4.78 is 40.4. The van der Waals surface area contributed by atoms with E-state index >= 15 is 0 Å². The SMILES string of the molecule is CCC(=O)N1CCC2(CC1)CN1C(=O)CN(S(=O)(=O)c3cc4cc(Cl)ccc4[nH]3)CC1(COC)O2. The molecule has 1 unspecified atom stereocenters. The molecule has 3 aliphatic rings. The topological polar surface area (TPSA) is 112 Å². The number of halogens is 1. The van der Waals surface area contributed by atoms with Gasteiger partial charge in [-0.05, 0) is 37.1 Å². The maximum atomic E-state index is 13.6. The van der Waals surface area contributed by atoms with E-state index in [1.807, 2.05) is 11.8 Å². The lowest BCUT2D eigenvalue weighted by Crippen LogP contribution is -2.65. The van der Waals surface area contributed by atoms with E-state index in [-0.39, 0.29) is 36.5 Å². The van der Waals surface area contributed by atoms with Gasteiger partial charge in [0.05, 0.1) is 31.8 Å². The Morgan fingerprint density at radius 1 is 1.23 bits per heavy atom. The van der Waals surface area contributed by atoms with Gasteiger partial charge in [0.15, 0.2) is 5.72 Å². The minimum absolute atomic E-state index is 0.0114. The number of fused-ring (bicyclic) bond motifs is 2. The highest BCUT2D eigenvalue weighted by Gasteiger charge is 2.61. The van der Waals surface area contributed by atoms with Crippen molar-refractivity contribution in [3.05, 3.63) is 29.3 Å². The van der Waals surface area contributed by atoms with Gasteiger partial charge in [0.1, 0.15) is 5.03 Å². The van der Waals surface area contributed by atoms with Crippen molar-refractivity contribution in [2.24, 2.45) is 0 Å². The fourth-order valence-corrected chi connectivity index (χ4v) is 7.10. The molecule has 1 aromatic carbocycles. The van der Waals surface area contributed by atoms with Gasteiger partial charge >= 0.3 is 0 Å². The lowest BCUT2D eigenvalue weighted by molar-refractivity contribution is -0.197. The zero-order chi connectivity index (χ0) is 25.0. The van der Waals surface area contributed by atoms with Crippen LogP contribution in [0, 0.1) is 0 Å². The third kappa shape index (κ3) is 4.13. The molecule has 2 amide bonds. The summed E-state index contributed by atoms with van der Waals surface area (Å²) in [7, 11) is -2.53. The number of nitrogens with one attached hydrogen (secondary N) is 1. The Balaban J connectivity index is 1.43. The molecule has 1 spiro atoms. The second-order valence-electron chi connectivity index (χ2n) is 9.52. The monoisotopic (exact) mass is 524 g/mol. The number of piperidine rings is 1. The van der Waals surface area contributed by atoms with Crippen LogP contribution >= 0.6 is 11.6 Å². The number of likely N-dealkylation sites (tertiary alicyclic amines) is 1. The summed E-state index contributed by atoms with van der Waals surface area (Å²) in [6, 6.07) is 6.60. The average Bonchev–Trinajstić information content (AvgIpc) is 3.39. The number of amides is 2. The Morgan fingerprint density at radius 3 is 2.66 bits per heavy atom. The number of aromatic amines is 1. The van der Waals surface area contributed by atoms with Crippen LogP contribution < -0.4 is 0 Å². The van der Waals surface area contributed by atoms with Gasteiger partial charge in [0, 0.05) is 42.5 Å². The number of benzene rings is 1. The molecule has 5 rings (SSSR count). The molecule has 2 aromatic rings. The molecule has 35 heavy (non-hydrogen) atoms. The molecule has 3 saturated heterocycles. The Kier molecular flexibility index (Phi) is 6.12. The zero-order valence-electron chi connectivity index (χ0n) is 19.8. The summed E-state index contributed by atoms with van der Waals surface area (Å²) in [5.41, 5.74) is -1.24. The molecule has 1 N–H and O–H groups in total. The molecule has 190 valence electrons. The van der Waals surface area contributed by atoms with Crippen molar-refractivity contribution in [1.29, 1.82) is 0 Å².